The number of anilines is 1. The summed E-state index contributed by atoms with van der Waals surface area (Å²) in [5, 5.41) is 5.26. The van der Waals surface area contributed by atoms with Crippen LogP contribution < -0.4 is 10.6 Å². The Morgan fingerprint density at radius 2 is 1.73 bits per heavy atom. The summed E-state index contributed by atoms with van der Waals surface area (Å²) < 4.78 is 13.5. The molecule has 2 N–H and O–H groups in total. The molecule has 0 aromatic heterocycles. The fourth-order valence-corrected chi connectivity index (χ4v) is 2.11. The van der Waals surface area contributed by atoms with Crippen LogP contribution in [0.25, 0.3) is 0 Å². The molecule has 0 saturated carbocycles. The average Bonchev–Trinajstić information content (AvgIpc) is 2.49. The molecule has 0 unspecified atom stereocenters. The summed E-state index contributed by atoms with van der Waals surface area (Å²) >= 11 is 5.03. The maximum atomic E-state index is 13.5. The molecule has 2 aromatic carbocycles. The van der Waals surface area contributed by atoms with Crippen LogP contribution in [0.3, 0.4) is 0 Å². The molecule has 5 heteroatoms. The largest absolute Gasteiger partial charge is 0.330 e. The second-order valence-corrected chi connectivity index (χ2v) is 5.57. The van der Waals surface area contributed by atoms with Crippen LogP contribution in [0.1, 0.15) is 35.7 Å². The van der Waals surface area contributed by atoms with E-state index in [2.05, 4.69) is 24.5 Å². The summed E-state index contributed by atoms with van der Waals surface area (Å²) in [7, 11) is 0. The molecule has 0 atom stereocenters. The Bertz CT molecular complexity index is 683. The Hall–Kier alpha value is -2.27. The lowest BCUT2D eigenvalue weighted by molar-refractivity contribution is 0.0977. The Labute approximate surface area is 134 Å². The summed E-state index contributed by atoms with van der Waals surface area (Å²) in [4.78, 5) is 12.1. The number of rotatable bonds is 3. The molecule has 0 saturated heterocycles. The molecule has 0 spiro atoms. The molecule has 1 amide bonds. The van der Waals surface area contributed by atoms with Crippen molar-refractivity contribution in [2.45, 2.75) is 19.8 Å². The van der Waals surface area contributed by atoms with Crippen molar-refractivity contribution in [1.82, 2.24) is 5.32 Å². The van der Waals surface area contributed by atoms with Crippen LogP contribution in [0.4, 0.5) is 10.1 Å². The maximum Gasteiger partial charge on any atom is 0.257 e. The summed E-state index contributed by atoms with van der Waals surface area (Å²) in [6, 6.07) is 13.4. The quantitative estimate of drug-likeness (QED) is 0.839. The highest BCUT2D eigenvalue weighted by atomic mass is 32.1. The summed E-state index contributed by atoms with van der Waals surface area (Å²) in [5.74, 6) is -0.356. The van der Waals surface area contributed by atoms with Gasteiger partial charge in [0.1, 0.15) is 5.82 Å². The number of carbonyl (C=O) groups is 1. The van der Waals surface area contributed by atoms with Gasteiger partial charge in [-0.05, 0) is 48.0 Å². The van der Waals surface area contributed by atoms with E-state index < -0.39 is 5.82 Å². The lowest BCUT2D eigenvalue weighted by atomic mass is 10.0. The van der Waals surface area contributed by atoms with E-state index in [1.807, 2.05) is 12.1 Å². The smallest absolute Gasteiger partial charge is 0.257 e. The van der Waals surface area contributed by atoms with Gasteiger partial charge in [-0.1, -0.05) is 38.1 Å². The molecule has 3 nitrogen and oxygen atoms in total. The van der Waals surface area contributed by atoms with Crippen LogP contribution in [-0.4, -0.2) is 11.0 Å². The van der Waals surface area contributed by atoms with Gasteiger partial charge in [-0.25, -0.2) is 4.39 Å². The zero-order valence-electron chi connectivity index (χ0n) is 12.4. The molecule has 0 aliphatic heterocycles. The second kappa shape index (κ2) is 7.13. The third kappa shape index (κ3) is 4.11. The van der Waals surface area contributed by atoms with Crippen LogP contribution in [0.2, 0.25) is 0 Å². The van der Waals surface area contributed by atoms with E-state index in [4.69, 9.17) is 12.2 Å². The van der Waals surface area contributed by atoms with Gasteiger partial charge in [0.25, 0.3) is 5.91 Å². The zero-order valence-corrected chi connectivity index (χ0v) is 13.2. The lowest BCUT2D eigenvalue weighted by Crippen LogP contribution is -2.34. The van der Waals surface area contributed by atoms with Crippen LogP contribution in [0.15, 0.2) is 48.5 Å². The molecular formula is C17H17FN2OS. The summed E-state index contributed by atoms with van der Waals surface area (Å²) in [5.41, 5.74) is 1.88. The van der Waals surface area contributed by atoms with Gasteiger partial charge in [-0.15, -0.1) is 0 Å². The minimum atomic E-state index is -0.430. The molecule has 114 valence electrons. The van der Waals surface area contributed by atoms with Crippen molar-refractivity contribution >= 4 is 28.9 Å². The number of nitrogens with one attached hydrogen (secondary N) is 2. The van der Waals surface area contributed by atoms with Gasteiger partial charge in [0.15, 0.2) is 5.11 Å². The second-order valence-electron chi connectivity index (χ2n) is 5.16. The number of para-hydroxylation sites is 1. The van der Waals surface area contributed by atoms with Crippen LogP contribution in [0, 0.1) is 5.82 Å². The van der Waals surface area contributed by atoms with Crippen molar-refractivity contribution in [3.8, 4) is 0 Å². The third-order valence-electron chi connectivity index (χ3n) is 3.19. The van der Waals surface area contributed by atoms with E-state index in [1.165, 1.54) is 6.07 Å². The molecule has 2 aromatic rings. The van der Waals surface area contributed by atoms with Crippen molar-refractivity contribution in [1.29, 1.82) is 0 Å². The van der Waals surface area contributed by atoms with Crippen molar-refractivity contribution in [2.24, 2.45) is 0 Å². The predicted molar refractivity (Wildman–Crippen MR) is 90.6 cm³/mol. The molecule has 0 heterocycles. The Kier molecular flexibility index (Phi) is 5.22. The monoisotopic (exact) mass is 316 g/mol. The highest BCUT2D eigenvalue weighted by Gasteiger charge is 2.10. The molecule has 0 aliphatic rings. The van der Waals surface area contributed by atoms with Gasteiger partial charge < -0.3 is 5.32 Å². The Morgan fingerprint density at radius 1 is 1.09 bits per heavy atom. The van der Waals surface area contributed by atoms with Gasteiger partial charge in [0, 0.05) is 5.56 Å². The Balaban J connectivity index is 1.99. The highest BCUT2D eigenvalue weighted by molar-refractivity contribution is 7.80. The molecular weight excluding hydrogens is 299 g/mol. The first-order chi connectivity index (χ1) is 10.5. The standard InChI is InChI=1S/C17H17FN2OS/c1-11(2)12-7-9-13(10-8-12)16(21)20-17(22)19-15-6-4-3-5-14(15)18/h3-11H,1-2H3,(H2,19,20,21,22). The van der Waals surface area contributed by atoms with E-state index in [-0.39, 0.29) is 16.7 Å². The van der Waals surface area contributed by atoms with E-state index in [0.29, 0.717) is 11.5 Å². The van der Waals surface area contributed by atoms with Crippen LogP contribution in [0.5, 0.6) is 0 Å². The lowest BCUT2D eigenvalue weighted by Gasteiger charge is -2.11. The van der Waals surface area contributed by atoms with Crippen molar-refractivity contribution in [3.05, 3.63) is 65.5 Å². The molecule has 0 fully saturated rings. The number of hydrogen-bond acceptors (Lipinski definition) is 2. The summed E-state index contributed by atoms with van der Waals surface area (Å²) in [6.45, 7) is 4.17. The van der Waals surface area contributed by atoms with E-state index in [0.717, 1.165) is 5.56 Å². The fraction of sp³-hybridized carbons (Fsp3) is 0.176. The molecule has 22 heavy (non-hydrogen) atoms. The van der Waals surface area contributed by atoms with Crippen molar-refractivity contribution in [2.75, 3.05) is 5.32 Å². The van der Waals surface area contributed by atoms with Gasteiger partial charge in [-0.2, -0.15) is 0 Å². The zero-order chi connectivity index (χ0) is 16.1. The number of amides is 1. The predicted octanol–water partition coefficient (Wildman–Crippen LogP) is 4.08. The van der Waals surface area contributed by atoms with Gasteiger partial charge in [0.2, 0.25) is 0 Å². The normalized spacial score (nSPS) is 10.4. The highest BCUT2D eigenvalue weighted by Crippen LogP contribution is 2.15. The van der Waals surface area contributed by atoms with E-state index in [1.54, 1.807) is 30.3 Å². The van der Waals surface area contributed by atoms with Gasteiger partial charge >= 0.3 is 0 Å². The number of halogens is 1. The summed E-state index contributed by atoms with van der Waals surface area (Å²) in [6.07, 6.45) is 0. The van der Waals surface area contributed by atoms with Crippen molar-refractivity contribution in [3.63, 3.8) is 0 Å². The number of thiocarbonyl (C=S) groups is 1. The number of carbonyl (C=O) groups excluding carboxylic acids is 1. The molecule has 0 radical (unpaired) electrons. The van der Waals surface area contributed by atoms with Crippen LogP contribution in [-0.2, 0) is 0 Å². The topological polar surface area (TPSA) is 41.1 Å². The Morgan fingerprint density at radius 3 is 2.32 bits per heavy atom. The first kappa shape index (κ1) is 16.1. The minimum absolute atomic E-state index is 0.0584. The van der Waals surface area contributed by atoms with Gasteiger partial charge in [0.05, 0.1) is 5.69 Å². The maximum absolute atomic E-state index is 13.5. The number of benzene rings is 2. The molecule has 0 aliphatic carbocycles. The van der Waals surface area contributed by atoms with Crippen LogP contribution >= 0.6 is 12.2 Å². The number of hydrogen-bond donors (Lipinski definition) is 2. The van der Waals surface area contributed by atoms with E-state index in [9.17, 15) is 9.18 Å². The first-order valence-corrected chi connectivity index (χ1v) is 7.35. The average molecular weight is 316 g/mol. The van der Waals surface area contributed by atoms with E-state index >= 15 is 0 Å². The molecule has 0 bridgehead atoms. The van der Waals surface area contributed by atoms with Crippen molar-refractivity contribution < 1.29 is 9.18 Å². The van der Waals surface area contributed by atoms with Gasteiger partial charge in [-0.3, -0.25) is 10.1 Å². The SMILES string of the molecule is CC(C)c1ccc(C(=O)NC(=S)Nc2ccccc2F)cc1. The fourth-order valence-electron chi connectivity index (χ4n) is 1.91. The first-order valence-electron chi connectivity index (χ1n) is 6.94. The third-order valence-corrected chi connectivity index (χ3v) is 3.39. The minimum Gasteiger partial charge on any atom is -0.330 e. The molecule has 2 rings (SSSR count).